The molecule has 0 bridgehead atoms. The van der Waals surface area contributed by atoms with Crippen molar-refractivity contribution in [3.8, 4) is 0 Å². The molecule has 1 atom stereocenters. The van der Waals surface area contributed by atoms with Crippen molar-refractivity contribution in [3.63, 3.8) is 0 Å². The van der Waals surface area contributed by atoms with E-state index in [4.69, 9.17) is 16.6 Å². The van der Waals surface area contributed by atoms with E-state index in [1.807, 2.05) is 25.1 Å². The number of likely N-dealkylation sites (N-methyl/N-ethyl adjacent to an activating group) is 1. The Kier molecular flexibility index (Phi) is 7.66. The Labute approximate surface area is 212 Å². The molecule has 2 amide bonds. The van der Waals surface area contributed by atoms with E-state index in [0.717, 1.165) is 10.0 Å². The molecule has 2 aromatic heterocycles. The van der Waals surface area contributed by atoms with Crippen LogP contribution in [0.5, 0.6) is 0 Å². The van der Waals surface area contributed by atoms with Gasteiger partial charge in [0.05, 0.1) is 22.2 Å². The summed E-state index contributed by atoms with van der Waals surface area (Å²) in [6.45, 7) is 2.82. The van der Waals surface area contributed by atoms with E-state index in [9.17, 15) is 14.0 Å². The number of nitrogens with zero attached hydrogens (tertiary/aromatic N) is 4. The van der Waals surface area contributed by atoms with Crippen LogP contribution in [0.15, 0.2) is 42.6 Å². The SMILES string of the molecule is Cc1cnc(Nc2cccc(C(C(=O)N(C)C)C3CCN(C(=O)c4cccc(Cl)c4F)CC3)n2)s1. The van der Waals surface area contributed by atoms with Crippen LogP contribution in [0, 0.1) is 18.7 Å². The highest BCUT2D eigenvalue weighted by Gasteiger charge is 2.36. The van der Waals surface area contributed by atoms with Crippen LogP contribution in [-0.2, 0) is 4.79 Å². The molecule has 3 heterocycles. The van der Waals surface area contributed by atoms with Crippen LogP contribution in [0.2, 0.25) is 5.02 Å². The molecule has 1 saturated heterocycles. The third kappa shape index (κ3) is 5.62. The molecule has 10 heteroatoms. The number of rotatable bonds is 6. The third-order valence-electron chi connectivity index (χ3n) is 6.13. The van der Waals surface area contributed by atoms with E-state index in [-0.39, 0.29) is 28.3 Å². The normalized spacial score (nSPS) is 15.1. The molecule has 3 aromatic rings. The summed E-state index contributed by atoms with van der Waals surface area (Å²) in [6, 6.07) is 10.0. The molecule has 4 rings (SSSR count). The summed E-state index contributed by atoms with van der Waals surface area (Å²) in [4.78, 5) is 39.5. The van der Waals surface area contributed by atoms with E-state index < -0.39 is 11.7 Å². The minimum absolute atomic E-state index is 0.0111. The number of nitrogens with one attached hydrogen (secondary N) is 1. The minimum Gasteiger partial charge on any atom is -0.348 e. The second-order valence-electron chi connectivity index (χ2n) is 8.79. The Balaban J connectivity index is 1.52. The zero-order chi connectivity index (χ0) is 25.1. The first-order chi connectivity index (χ1) is 16.7. The number of carbonyl (C=O) groups is 2. The van der Waals surface area contributed by atoms with Gasteiger partial charge in [-0.25, -0.2) is 14.4 Å². The molecule has 184 valence electrons. The summed E-state index contributed by atoms with van der Waals surface area (Å²) in [5.74, 6) is -0.969. The molecule has 0 saturated carbocycles. The first-order valence-corrected chi connectivity index (χ1v) is 12.5. The highest BCUT2D eigenvalue weighted by Crippen LogP contribution is 2.35. The molecule has 1 aliphatic rings. The standard InChI is InChI=1S/C25H27ClFN5O2S/c1-15-14-28-25(35-15)30-20-9-5-8-19(29-20)21(24(34)31(2)3)16-10-12-32(13-11-16)23(33)17-6-4-7-18(26)22(17)27/h4-9,14,16,21H,10-13H2,1-3H3,(H,28,29,30). The highest BCUT2D eigenvalue weighted by molar-refractivity contribution is 7.15. The van der Waals surface area contributed by atoms with Gasteiger partial charge in [0.1, 0.15) is 5.82 Å². The first kappa shape index (κ1) is 25.1. The number of amides is 2. The number of piperidine rings is 1. The Morgan fingerprint density at radius 1 is 1.20 bits per heavy atom. The molecule has 1 N–H and O–H groups in total. The quantitative estimate of drug-likeness (QED) is 0.493. The van der Waals surface area contributed by atoms with Gasteiger partial charge in [0.2, 0.25) is 5.91 Å². The smallest absolute Gasteiger partial charge is 0.256 e. The molecule has 0 aliphatic carbocycles. The van der Waals surface area contributed by atoms with E-state index in [1.54, 1.807) is 36.2 Å². The van der Waals surface area contributed by atoms with Crippen LogP contribution < -0.4 is 5.32 Å². The van der Waals surface area contributed by atoms with Crippen LogP contribution in [-0.4, -0.2) is 58.8 Å². The van der Waals surface area contributed by atoms with Gasteiger partial charge in [0.25, 0.3) is 5.91 Å². The fourth-order valence-electron chi connectivity index (χ4n) is 4.34. The molecular formula is C25H27ClFN5O2S. The third-order valence-corrected chi connectivity index (χ3v) is 7.25. The highest BCUT2D eigenvalue weighted by atomic mass is 35.5. The van der Waals surface area contributed by atoms with Gasteiger partial charge in [0.15, 0.2) is 10.9 Å². The van der Waals surface area contributed by atoms with Crippen LogP contribution in [0.1, 0.15) is 39.7 Å². The summed E-state index contributed by atoms with van der Waals surface area (Å²) in [5, 5.41) is 3.88. The van der Waals surface area contributed by atoms with Crippen LogP contribution in [0.3, 0.4) is 0 Å². The molecule has 0 spiro atoms. The lowest BCUT2D eigenvalue weighted by atomic mass is 9.81. The molecule has 1 aliphatic heterocycles. The van der Waals surface area contributed by atoms with Crippen molar-refractivity contribution in [2.45, 2.75) is 25.7 Å². The number of likely N-dealkylation sites (tertiary alicyclic amines) is 1. The number of benzene rings is 1. The van der Waals surface area contributed by atoms with Crippen molar-refractivity contribution in [3.05, 3.63) is 69.6 Å². The molecule has 7 nitrogen and oxygen atoms in total. The number of aryl methyl sites for hydroxylation is 1. The van der Waals surface area contributed by atoms with E-state index in [1.165, 1.54) is 23.5 Å². The summed E-state index contributed by atoms with van der Waals surface area (Å²) in [5.41, 5.74) is 0.641. The maximum atomic E-state index is 14.4. The van der Waals surface area contributed by atoms with E-state index >= 15 is 0 Å². The second-order valence-corrected chi connectivity index (χ2v) is 10.4. The minimum atomic E-state index is -0.703. The lowest BCUT2D eigenvalue weighted by Gasteiger charge is -2.36. The Morgan fingerprint density at radius 2 is 1.91 bits per heavy atom. The first-order valence-electron chi connectivity index (χ1n) is 11.4. The lowest BCUT2D eigenvalue weighted by Crippen LogP contribution is -2.42. The summed E-state index contributed by atoms with van der Waals surface area (Å²) in [7, 11) is 3.46. The summed E-state index contributed by atoms with van der Waals surface area (Å²) < 4.78 is 14.4. The summed E-state index contributed by atoms with van der Waals surface area (Å²) in [6.07, 6.45) is 2.99. The van der Waals surface area contributed by atoms with Gasteiger partial charge in [-0.15, -0.1) is 11.3 Å². The molecular weight excluding hydrogens is 489 g/mol. The zero-order valence-electron chi connectivity index (χ0n) is 19.8. The largest absolute Gasteiger partial charge is 0.348 e. The fraction of sp³-hybridized carbons (Fsp3) is 0.360. The maximum absolute atomic E-state index is 14.4. The number of hydrogen-bond acceptors (Lipinski definition) is 6. The number of aromatic nitrogens is 2. The summed E-state index contributed by atoms with van der Waals surface area (Å²) >= 11 is 7.38. The monoisotopic (exact) mass is 515 g/mol. The Hall–Kier alpha value is -3.04. The van der Waals surface area contributed by atoms with Gasteiger partial charge in [-0.2, -0.15) is 0 Å². The number of anilines is 2. The van der Waals surface area contributed by atoms with Crippen molar-refractivity contribution in [1.82, 2.24) is 19.8 Å². The van der Waals surface area contributed by atoms with Gasteiger partial charge >= 0.3 is 0 Å². The predicted octanol–water partition coefficient (Wildman–Crippen LogP) is 5.11. The van der Waals surface area contributed by atoms with E-state index in [2.05, 4.69) is 10.3 Å². The number of pyridine rings is 1. The Bertz CT molecular complexity index is 1230. The molecule has 1 unspecified atom stereocenters. The van der Waals surface area contributed by atoms with Crippen molar-refractivity contribution in [1.29, 1.82) is 0 Å². The van der Waals surface area contributed by atoms with Crippen molar-refractivity contribution < 1.29 is 14.0 Å². The predicted molar refractivity (Wildman–Crippen MR) is 136 cm³/mol. The van der Waals surface area contributed by atoms with Crippen molar-refractivity contribution in [2.75, 3.05) is 32.5 Å². The van der Waals surface area contributed by atoms with Gasteiger partial charge in [-0.05, 0) is 49.9 Å². The second kappa shape index (κ2) is 10.7. The van der Waals surface area contributed by atoms with Crippen molar-refractivity contribution >= 4 is 45.7 Å². The Morgan fingerprint density at radius 3 is 2.57 bits per heavy atom. The van der Waals surface area contributed by atoms with Gasteiger partial charge in [0, 0.05) is 38.3 Å². The molecule has 1 fully saturated rings. The zero-order valence-corrected chi connectivity index (χ0v) is 21.4. The number of carbonyl (C=O) groups excluding carboxylic acids is 2. The molecule has 35 heavy (non-hydrogen) atoms. The van der Waals surface area contributed by atoms with Gasteiger partial charge in [-0.1, -0.05) is 23.7 Å². The maximum Gasteiger partial charge on any atom is 0.256 e. The van der Waals surface area contributed by atoms with E-state index in [0.29, 0.717) is 37.4 Å². The van der Waals surface area contributed by atoms with Crippen LogP contribution in [0.4, 0.5) is 15.3 Å². The van der Waals surface area contributed by atoms with Gasteiger partial charge < -0.3 is 15.1 Å². The van der Waals surface area contributed by atoms with Crippen LogP contribution in [0.25, 0.3) is 0 Å². The molecule has 1 aromatic carbocycles. The van der Waals surface area contributed by atoms with Crippen molar-refractivity contribution in [2.24, 2.45) is 5.92 Å². The van der Waals surface area contributed by atoms with Crippen LogP contribution >= 0.6 is 22.9 Å². The van der Waals surface area contributed by atoms with Gasteiger partial charge in [-0.3, -0.25) is 9.59 Å². The number of halogens is 2. The average Bonchev–Trinajstić information content (AvgIpc) is 3.25. The average molecular weight is 516 g/mol. The number of hydrogen-bond donors (Lipinski definition) is 1. The fourth-order valence-corrected chi connectivity index (χ4v) is 5.19. The lowest BCUT2D eigenvalue weighted by molar-refractivity contribution is -0.132. The molecule has 0 radical (unpaired) electrons. The topological polar surface area (TPSA) is 78.4 Å². The number of thiazole rings is 1.